The van der Waals surface area contributed by atoms with Crippen LogP contribution in [0.4, 0.5) is 0 Å². The Morgan fingerprint density at radius 3 is 2.12 bits per heavy atom. The van der Waals surface area contributed by atoms with Gasteiger partial charge in [-0.1, -0.05) is 77.3 Å². The molecule has 8 heteroatoms. The van der Waals surface area contributed by atoms with Gasteiger partial charge in [-0.05, 0) is 90.0 Å². The van der Waals surface area contributed by atoms with Crippen LogP contribution in [0.1, 0.15) is 81.5 Å². The van der Waals surface area contributed by atoms with E-state index in [9.17, 15) is 0 Å². The molecular weight excluding hydrogens is 647 g/mol. The second-order valence-electron chi connectivity index (χ2n) is 14.6. The molecule has 7 rings (SSSR count). The SMILES string of the molecule is CCCCCCOc1cc(-c2nc3c(CN(Cc4ccccn4)Cc4ccccn4)cccc3o2)c(C)cc1-c1nc2cc(C(C)(C)C)ccc2o1. The lowest BCUT2D eigenvalue weighted by molar-refractivity contribution is 0.242. The first-order chi connectivity index (χ1) is 25.2. The minimum atomic E-state index is 0.00817. The second-order valence-corrected chi connectivity index (χ2v) is 14.6. The number of hydrogen-bond donors (Lipinski definition) is 0. The molecule has 7 aromatic rings. The van der Waals surface area contributed by atoms with E-state index in [1.54, 1.807) is 0 Å². The van der Waals surface area contributed by atoms with Crippen LogP contribution < -0.4 is 4.74 Å². The molecule has 0 fully saturated rings. The second kappa shape index (κ2) is 15.5. The maximum absolute atomic E-state index is 6.50. The molecule has 4 heterocycles. The van der Waals surface area contributed by atoms with Gasteiger partial charge in [0.15, 0.2) is 11.2 Å². The Bertz CT molecular complexity index is 2210. The van der Waals surface area contributed by atoms with Crippen LogP contribution in [0.3, 0.4) is 0 Å². The number of aromatic nitrogens is 4. The average Bonchev–Trinajstić information content (AvgIpc) is 3.77. The molecule has 0 aliphatic carbocycles. The van der Waals surface area contributed by atoms with E-state index in [4.69, 9.17) is 23.5 Å². The van der Waals surface area contributed by atoms with Crippen LogP contribution >= 0.6 is 0 Å². The Kier molecular flexibility index (Phi) is 10.5. The van der Waals surface area contributed by atoms with E-state index in [0.29, 0.717) is 43.8 Å². The monoisotopic (exact) mass is 693 g/mol. The first kappa shape index (κ1) is 35.1. The summed E-state index contributed by atoms with van der Waals surface area (Å²) in [4.78, 5) is 21.6. The largest absolute Gasteiger partial charge is 0.493 e. The molecule has 8 nitrogen and oxygen atoms in total. The molecule has 0 spiro atoms. The van der Waals surface area contributed by atoms with Gasteiger partial charge in [-0.2, -0.15) is 0 Å². The molecule has 0 bridgehead atoms. The normalized spacial score (nSPS) is 12.0. The van der Waals surface area contributed by atoms with Crippen molar-refractivity contribution in [3.05, 3.63) is 125 Å². The number of ether oxygens (including phenoxy) is 1. The van der Waals surface area contributed by atoms with E-state index in [2.05, 4.69) is 85.9 Å². The molecule has 0 aliphatic heterocycles. The number of unbranched alkanes of at least 4 members (excludes halogenated alkanes) is 3. The lowest BCUT2D eigenvalue weighted by Gasteiger charge is -2.22. The van der Waals surface area contributed by atoms with Crippen molar-refractivity contribution in [2.24, 2.45) is 0 Å². The predicted octanol–water partition coefficient (Wildman–Crippen LogP) is 10.9. The number of pyridine rings is 2. The lowest BCUT2D eigenvalue weighted by Crippen LogP contribution is -2.23. The topological polar surface area (TPSA) is 90.3 Å². The third-order valence-electron chi connectivity index (χ3n) is 9.42. The Labute approximate surface area is 305 Å². The molecule has 0 amide bonds. The van der Waals surface area contributed by atoms with Crippen molar-refractivity contribution in [2.45, 2.75) is 85.4 Å². The first-order valence-electron chi connectivity index (χ1n) is 18.3. The number of fused-ring (bicyclic) bond motifs is 2. The van der Waals surface area contributed by atoms with Gasteiger partial charge in [-0.3, -0.25) is 14.9 Å². The van der Waals surface area contributed by atoms with Gasteiger partial charge in [0.2, 0.25) is 11.8 Å². The summed E-state index contributed by atoms with van der Waals surface area (Å²) < 4.78 is 19.4. The summed E-state index contributed by atoms with van der Waals surface area (Å²) >= 11 is 0. The molecule has 0 radical (unpaired) electrons. The van der Waals surface area contributed by atoms with Crippen LogP contribution in [0.2, 0.25) is 0 Å². The molecule has 0 saturated heterocycles. The fraction of sp³-hybridized carbons (Fsp3) is 0.318. The number of aryl methyl sites for hydroxylation is 1. The van der Waals surface area contributed by atoms with Crippen molar-refractivity contribution >= 4 is 22.2 Å². The number of para-hydroxylation sites is 1. The third-order valence-corrected chi connectivity index (χ3v) is 9.42. The lowest BCUT2D eigenvalue weighted by atomic mass is 9.87. The van der Waals surface area contributed by atoms with E-state index in [1.165, 1.54) is 18.4 Å². The summed E-state index contributed by atoms with van der Waals surface area (Å²) in [5, 5.41) is 0. The van der Waals surface area contributed by atoms with Crippen molar-refractivity contribution in [3.63, 3.8) is 0 Å². The van der Waals surface area contributed by atoms with Gasteiger partial charge in [0, 0.05) is 37.6 Å². The highest BCUT2D eigenvalue weighted by molar-refractivity contribution is 5.83. The van der Waals surface area contributed by atoms with Gasteiger partial charge in [0.1, 0.15) is 16.8 Å². The van der Waals surface area contributed by atoms with E-state index >= 15 is 0 Å². The summed E-state index contributed by atoms with van der Waals surface area (Å²) in [5.41, 5.74) is 10.1. The number of hydrogen-bond acceptors (Lipinski definition) is 8. The fourth-order valence-corrected chi connectivity index (χ4v) is 6.52. The van der Waals surface area contributed by atoms with Crippen LogP contribution in [-0.2, 0) is 25.0 Å². The molecule has 0 atom stereocenters. The van der Waals surface area contributed by atoms with E-state index in [0.717, 1.165) is 68.7 Å². The fourth-order valence-electron chi connectivity index (χ4n) is 6.52. The molecule has 266 valence electrons. The zero-order valence-electron chi connectivity index (χ0n) is 30.9. The highest BCUT2D eigenvalue weighted by Gasteiger charge is 2.22. The standard InChI is InChI=1S/C44H47N5O3/c1-6-7-8-13-23-50-40-26-35(30(2)24-36(40)43-47-37-25-32(44(3,4)5)19-20-38(37)51-43)42-48-41-31(15-14-18-39(41)52-42)27-49(28-33-16-9-11-21-45-33)29-34-17-10-12-22-46-34/h9-12,14-22,24-26H,6-8,13,23,27-29H2,1-5H3. The molecule has 4 aromatic heterocycles. The van der Waals surface area contributed by atoms with E-state index in [1.807, 2.05) is 60.9 Å². The summed E-state index contributed by atoms with van der Waals surface area (Å²) in [5.74, 6) is 1.80. The summed E-state index contributed by atoms with van der Waals surface area (Å²) in [6.07, 6.45) is 8.12. The zero-order chi connectivity index (χ0) is 36.1. The first-order valence-corrected chi connectivity index (χ1v) is 18.3. The average molecular weight is 694 g/mol. The summed E-state index contributed by atoms with van der Waals surface area (Å²) in [6, 6.07) is 28.6. The van der Waals surface area contributed by atoms with E-state index in [-0.39, 0.29) is 5.41 Å². The van der Waals surface area contributed by atoms with Crippen molar-refractivity contribution in [1.29, 1.82) is 0 Å². The van der Waals surface area contributed by atoms with Crippen LogP contribution in [0, 0.1) is 6.92 Å². The van der Waals surface area contributed by atoms with Gasteiger partial charge < -0.3 is 13.6 Å². The summed E-state index contributed by atoms with van der Waals surface area (Å²) in [7, 11) is 0. The van der Waals surface area contributed by atoms with Crippen LogP contribution in [-0.4, -0.2) is 31.4 Å². The van der Waals surface area contributed by atoms with Gasteiger partial charge in [0.25, 0.3) is 0 Å². The predicted molar refractivity (Wildman–Crippen MR) is 207 cm³/mol. The van der Waals surface area contributed by atoms with Gasteiger partial charge in [-0.15, -0.1) is 0 Å². The van der Waals surface area contributed by atoms with E-state index < -0.39 is 0 Å². The van der Waals surface area contributed by atoms with Crippen LogP contribution in [0.25, 0.3) is 45.1 Å². The molecule has 0 N–H and O–H groups in total. The minimum absolute atomic E-state index is 0.00817. The van der Waals surface area contributed by atoms with Gasteiger partial charge in [-0.25, -0.2) is 9.97 Å². The molecule has 0 saturated carbocycles. The van der Waals surface area contributed by atoms with Crippen LogP contribution in [0.5, 0.6) is 5.75 Å². The third kappa shape index (κ3) is 8.08. The zero-order valence-corrected chi connectivity index (χ0v) is 30.9. The number of nitrogens with zero attached hydrogens (tertiary/aromatic N) is 5. The molecule has 52 heavy (non-hydrogen) atoms. The van der Waals surface area contributed by atoms with Crippen molar-refractivity contribution < 1.29 is 13.6 Å². The van der Waals surface area contributed by atoms with Crippen molar-refractivity contribution in [2.75, 3.05) is 6.61 Å². The van der Waals surface area contributed by atoms with Gasteiger partial charge >= 0.3 is 0 Å². The van der Waals surface area contributed by atoms with Crippen molar-refractivity contribution in [3.8, 4) is 28.7 Å². The highest BCUT2D eigenvalue weighted by Crippen LogP contribution is 2.39. The molecule has 3 aromatic carbocycles. The van der Waals surface area contributed by atoms with Gasteiger partial charge in [0.05, 0.1) is 23.6 Å². The number of oxazole rings is 2. The quantitative estimate of drug-likeness (QED) is 0.104. The minimum Gasteiger partial charge on any atom is -0.493 e. The molecule has 0 unspecified atom stereocenters. The smallest absolute Gasteiger partial charge is 0.231 e. The maximum Gasteiger partial charge on any atom is 0.231 e. The Balaban J connectivity index is 1.23. The molecular formula is C44H47N5O3. The Morgan fingerprint density at radius 1 is 0.692 bits per heavy atom. The maximum atomic E-state index is 6.50. The Morgan fingerprint density at radius 2 is 1.42 bits per heavy atom. The highest BCUT2D eigenvalue weighted by atomic mass is 16.5. The Hall–Kier alpha value is -5.34. The number of benzene rings is 3. The van der Waals surface area contributed by atoms with Crippen LogP contribution in [0.15, 0.2) is 106 Å². The van der Waals surface area contributed by atoms with Crippen molar-refractivity contribution in [1.82, 2.24) is 24.8 Å². The molecule has 0 aliphatic rings. The number of rotatable bonds is 14. The summed E-state index contributed by atoms with van der Waals surface area (Å²) in [6.45, 7) is 13.5.